The number of hydrogen-bond donors (Lipinski definition) is 0. The number of carbonyl (C=O) groups is 1. The number of pyridine rings is 1. The van der Waals surface area contributed by atoms with E-state index in [1.807, 2.05) is 24.3 Å². The van der Waals surface area contributed by atoms with Crippen LogP contribution in [0.3, 0.4) is 0 Å². The third-order valence-corrected chi connectivity index (χ3v) is 3.69. The van der Waals surface area contributed by atoms with Gasteiger partial charge in [-0.2, -0.15) is 0 Å². The fourth-order valence-corrected chi connectivity index (χ4v) is 2.58. The Morgan fingerprint density at radius 3 is 2.89 bits per heavy atom. The number of nitrogens with zero attached hydrogens (tertiary/aromatic N) is 2. The lowest BCUT2D eigenvalue weighted by Crippen LogP contribution is -2.20. The Kier molecular flexibility index (Phi) is 2.56. The summed E-state index contributed by atoms with van der Waals surface area (Å²) in [6.07, 6.45) is 3.87. The Balaban J connectivity index is 2.17. The van der Waals surface area contributed by atoms with E-state index in [0.717, 1.165) is 22.4 Å². The number of rotatable bonds is 1. The van der Waals surface area contributed by atoms with E-state index < -0.39 is 0 Å². The fraction of sp³-hybridized carbons (Fsp3) is 0.143. The van der Waals surface area contributed by atoms with Crippen molar-refractivity contribution in [3.8, 4) is 11.1 Å². The van der Waals surface area contributed by atoms with Crippen LogP contribution in [-0.2, 0) is 11.2 Å². The van der Waals surface area contributed by atoms with Crippen molar-refractivity contribution in [1.82, 2.24) is 4.98 Å². The number of halogens is 1. The van der Waals surface area contributed by atoms with Gasteiger partial charge in [-0.05, 0) is 12.1 Å². The average molecular weight is 259 g/mol. The minimum absolute atomic E-state index is 0.0789. The zero-order chi connectivity index (χ0) is 12.7. The summed E-state index contributed by atoms with van der Waals surface area (Å²) in [6.45, 7) is 0. The van der Waals surface area contributed by atoms with Crippen LogP contribution < -0.4 is 4.90 Å². The number of likely N-dealkylation sites (N-methyl/N-ethyl adjacent to an activating group) is 1. The summed E-state index contributed by atoms with van der Waals surface area (Å²) >= 11 is 6.41. The van der Waals surface area contributed by atoms with E-state index in [9.17, 15) is 4.79 Å². The molecule has 18 heavy (non-hydrogen) atoms. The number of amides is 1. The lowest BCUT2D eigenvalue weighted by atomic mass is 10.0. The second kappa shape index (κ2) is 4.10. The van der Waals surface area contributed by atoms with E-state index >= 15 is 0 Å². The summed E-state index contributed by atoms with van der Waals surface area (Å²) < 4.78 is 0. The van der Waals surface area contributed by atoms with E-state index in [1.54, 1.807) is 24.3 Å². The van der Waals surface area contributed by atoms with E-state index in [1.165, 1.54) is 0 Å². The molecule has 0 atom stereocenters. The third kappa shape index (κ3) is 1.59. The van der Waals surface area contributed by atoms with Gasteiger partial charge in [-0.15, -0.1) is 0 Å². The first-order chi connectivity index (χ1) is 8.68. The number of fused-ring (bicyclic) bond motifs is 1. The van der Waals surface area contributed by atoms with Crippen LogP contribution in [0, 0.1) is 0 Å². The highest BCUT2D eigenvalue weighted by molar-refractivity contribution is 6.35. The second-order valence-electron chi connectivity index (χ2n) is 4.30. The van der Waals surface area contributed by atoms with Crippen molar-refractivity contribution in [1.29, 1.82) is 0 Å². The topological polar surface area (TPSA) is 33.2 Å². The van der Waals surface area contributed by atoms with Gasteiger partial charge in [-0.3, -0.25) is 9.78 Å². The molecule has 1 amide bonds. The zero-order valence-corrected chi connectivity index (χ0v) is 10.6. The predicted molar refractivity (Wildman–Crippen MR) is 71.8 cm³/mol. The highest BCUT2D eigenvalue weighted by Crippen LogP contribution is 2.39. The first-order valence-electron chi connectivity index (χ1n) is 5.67. The van der Waals surface area contributed by atoms with E-state index in [2.05, 4.69) is 4.98 Å². The molecule has 0 bridgehead atoms. The first-order valence-corrected chi connectivity index (χ1v) is 6.04. The monoisotopic (exact) mass is 258 g/mol. The molecule has 0 radical (unpaired) electrons. The van der Waals surface area contributed by atoms with Crippen LogP contribution in [-0.4, -0.2) is 17.9 Å². The maximum atomic E-state index is 11.7. The van der Waals surface area contributed by atoms with Crippen molar-refractivity contribution in [2.45, 2.75) is 6.42 Å². The van der Waals surface area contributed by atoms with Gasteiger partial charge in [0.05, 0.1) is 11.4 Å². The predicted octanol–water partition coefficient (Wildman–Crippen LogP) is 2.92. The molecule has 0 aliphatic carbocycles. The van der Waals surface area contributed by atoms with Crippen LogP contribution in [0.2, 0.25) is 5.02 Å². The van der Waals surface area contributed by atoms with Gasteiger partial charge in [0.1, 0.15) is 0 Å². The van der Waals surface area contributed by atoms with E-state index in [4.69, 9.17) is 11.6 Å². The standard InChI is InChI=1S/C14H11ClN2O/c1-17-12-5-4-10(9-3-2-6-16-8-9)14(15)11(12)7-13(17)18/h2-6,8H,7H2,1H3. The van der Waals surface area contributed by atoms with Crippen LogP contribution >= 0.6 is 11.6 Å². The normalized spacial score (nSPS) is 13.9. The van der Waals surface area contributed by atoms with Crippen LogP contribution in [0.5, 0.6) is 0 Å². The van der Waals surface area contributed by atoms with Crippen molar-refractivity contribution < 1.29 is 4.79 Å². The van der Waals surface area contributed by atoms with Gasteiger partial charge in [0, 0.05) is 41.8 Å². The molecule has 2 aromatic rings. The van der Waals surface area contributed by atoms with Crippen molar-refractivity contribution >= 4 is 23.2 Å². The minimum atomic E-state index is 0.0789. The van der Waals surface area contributed by atoms with Crippen LogP contribution in [0.4, 0.5) is 5.69 Å². The summed E-state index contributed by atoms with van der Waals surface area (Å²) in [6, 6.07) is 7.71. The molecule has 4 heteroatoms. The Bertz CT molecular complexity index is 625. The Morgan fingerprint density at radius 2 is 2.17 bits per heavy atom. The molecule has 0 saturated carbocycles. The number of aromatic nitrogens is 1. The van der Waals surface area contributed by atoms with Gasteiger partial charge >= 0.3 is 0 Å². The smallest absolute Gasteiger partial charge is 0.231 e. The molecule has 0 unspecified atom stereocenters. The molecule has 1 aliphatic heterocycles. The third-order valence-electron chi connectivity index (χ3n) is 3.25. The largest absolute Gasteiger partial charge is 0.315 e. The molecule has 0 saturated heterocycles. The van der Waals surface area contributed by atoms with Gasteiger partial charge in [0.2, 0.25) is 5.91 Å². The van der Waals surface area contributed by atoms with Crippen LogP contribution in [0.1, 0.15) is 5.56 Å². The van der Waals surface area contributed by atoms with Gasteiger partial charge < -0.3 is 4.90 Å². The summed E-state index contributed by atoms with van der Waals surface area (Å²) in [4.78, 5) is 17.4. The SMILES string of the molecule is CN1C(=O)Cc2c1ccc(-c1cccnc1)c2Cl. The molecule has 3 nitrogen and oxygen atoms in total. The molecule has 1 aromatic heterocycles. The molecule has 3 rings (SSSR count). The van der Waals surface area contributed by atoms with Crippen molar-refractivity contribution in [3.05, 3.63) is 47.2 Å². The summed E-state index contributed by atoms with van der Waals surface area (Å²) in [5.74, 6) is 0.0789. The number of benzene rings is 1. The zero-order valence-electron chi connectivity index (χ0n) is 9.85. The van der Waals surface area contributed by atoms with Crippen molar-refractivity contribution in [2.75, 3.05) is 11.9 Å². The van der Waals surface area contributed by atoms with Gasteiger partial charge in [-0.1, -0.05) is 23.7 Å². The Morgan fingerprint density at radius 1 is 1.33 bits per heavy atom. The highest BCUT2D eigenvalue weighted by Gasteiger charge is 2.27. The van der Waals surface area contributed by atoms with Gasteiger partial charge in [-0.25, -0.2) is 0 Å². The highest BCUT2D eigenvalue weighted by atomic mass is 35.5. The van der Waals surface area contributed by atoms with Crippen LogP contribution in [0.25, 0.3) is 11.1 Å². The molecule has 2 heterocycles. The molecule has 1 aromatic carbocycles. The van der Waals surface area contributed by atoms with E-state index in [-0.39, 0.29) is 5.91 Å². The molecule has 0 N–H and O–H groups in total. The molecule has 0 fully saturated rings. The second-order valence-corrected chi connectivity index (χ2v) is 4.67. The van der Waals surface area contributed by atoms with Gasteiger partial charge in [0.25, 0.3) is 0 Å². The molecule has 0 spiro atoms. The molecular weight excluding hydrogens is 248 g/mol. The summed E-state index contributed by atoms with van der Waals surface area (Å²) in [5, 5.41) is 0.651. The number of carbonyl (C=O) groups excluding carboxylic acids is 1. The first kappa shape index (κ1) is 11.2. The Hall–Kier alpha value is -1.87. The average Bonchev–Trinajstić information content (AvgIpc) is 2.69. The number of hydrogen-bond acceptors (Lipinski definition) is 2. The van der Waals surface area contributed by atoms with Crippen molar-refractivity contribution in [3.63, 3.8) is 0 Å². The molecule has 1 aliphatic rings. The summed E-state index contributed by atoms with van der Waals surface area (Å²) in [5.41, 5.74) is 3.70. The quantitative estimate of drug-likeness (QED) is 0.788. The van der Waals surface area contributed by atoms with Crippen LogP contribution in [0.15, 0.2) is 36.7 Å². The minimum Gasteiger partial charge on any atom is -0.315 e. The molecule has 90 valence electrons. The lowest BCUT2D eigenvalue weighted by Gasteiger charge is -2.12. The summed E-state index contributed by atoms with van der Waals surface area (Å²) in [7, 11) is 1.77. The maximum absolute atomic E-state index is 11.7. The van der Waals surface area contributed by atoms with Gasteiger partial charge in [0.15, 0.2) is 0 Å². The Labute approximate surface area is 110 Å². The fourth-order valence-electron chi connectivity index (χ4n) is 2.24. The maximum Gasteiger partial charge on any atom is 0.231 e. The lowest BCUT2D eigenvalue weighted by molar-refractivity contribution is -0.117. The van der Waals surface area contributed by atoms with E-state index in [0.29, 0.717) is 11.4 Å². The van der Waals surface area contributed by atoms with Crippen molar-refractivity contribution in [2.24, 2.45) is 0 Å². The number of anilines is 1. The molecular formula is C14H11ClN2O.